The molecule has 0 aliphatic carbocycles. The predicted molar refractivity (Wildman–Crippen MR) is 249 cm³/mol. The average Bonchev–Trinajstić information content (AvgIpc) is 3.25. The molecule has 2 amide bonds. The molecule has 0 saturated carbocycles. The van der Waals surface area contributed by atoms with E-state index in [0.29, 0.717) is 0 Å². The van der Waals surface area contributed by atoms with Crippen molar-refractivity contribution >= 4 is 18.0 Å². The zero-order valence-electron chi connectivity index (χ0n) is 39.2. The number of cyclic esters (lactones) is 1. The number of fused-ring (bicyclic) bond motifs is 2. The van der Waals surface area contributed by atoms with Gasteiger partial charge in [-0.1, -0.05) is 92.0 Å². The topological polar surface area (TPSA) is 361 Å². The number of carbonyl (C=O) groups excluding carboxylic acids is 2. The quantitative estimate of drug-likeness (QED) is 0.149. The number of aliphatic hydroxyl groups is 10. The number of ether oxygens (including phenoxy) is 4. The van der Waals surface area contributed by atoms with Crippen LogP contribution in [0.4, 0.5) is 4.79 Å². The van der Waals surface area contributed by atoms with Gasteiger partial charge in [0.1, 0.15) is 12.2 Å². The van der Waals surface area contributed by atoms with Crippen molar-refractivity contribution in [2.45, 2.75) is 175 Å². The molecule has 0 aromatic carbocycles. The predicted octanol–water partition coefficient (Wildman–Crippen LogP) is -0.481. The summed E-state index contributed by atoms with van der Waals surface area (Å²) < 4.78 is 23.1. The lowest BCUT2D eigenvalue weighted by Gasteiger charge is -2.46. The molecular weight excluding hydrogens is 907 g/mol. The van der Waals surface area contributed by atoms with Gasteiger partial charge < -0.3 is 91.5 Å². The van der Waals surface area contributed by atoms with Gasteiger partial charge in [-0.3, -0.25) is 9.59 Å². The number of esters is 1. The van der Waals surface area contributed by atoms with Gasteiger partial charge in [-0.05, 0) is 26.2 Å². The summed E-state index contributed by atoms with van der Waals surface area (Å²) in [5, 5.41) is 122. The SMILES string of the molecule is C[C@H]1C[C@H](O)[C@@H](C)\C=C/C=C\C=C/C=C\C=C/C=C\C=C/[C@H](O[C@@H]2OC[C@@H](O)[C@H](N)[C@@H]2O)C[C@@H]2O[C@](O)(C[C@@H](O)C[C@@H](O)[C@H](O)CC[C@@H](O)C[C@@H](O)CC(=O)O1)C[C@H](O)C2NC(=O)NCCC(=O)O. The third kappa shape index (κ3) is 22.6. The monoisotopic (exact) mass is 982 g/mol. The van der Waals surface area contributed by atoms with E-state index >= 15 is 0 Å². The lowest BCUT2D eigenvalue weighted by molar-refractivity contribution is -0.299. The van der Waals surface area contributed by atoms with Crippen molar-refractivity contribution in [1.29, 1.82) is 0 Å². The zero-order valence-corrected chi connectivity index (χ0v) is 39.2. The van der Waals surface area contributed by atoms with Crippen LogP contribution < -0.4 is 16.4 Å². The fourth-order valence-electron chi connectivity index (χ4n) is 7.84. The van der Waals surface area contributed by atoms with Crippen LogP contribution in [0.2, 0.25) is 0 Å². The van der Waals surface area contributed by atoms with Gasteiger partial charge >= 0.3 is 18.0 Å². The summed E-state index contributed by atoms with van der Waals surface area (Å²) in [7, 11) is 0. The van der Waals surface area contributed by atoms with Crippen molar-refractivity contribution in [2.75, 3.05) is 13.2 Å². The molecule has 15 N–H and O–H groups in total. The fourth-order valence-corrected chi connectivity index (χ4v) is 7.84. The normalized spacial score (nSPS) is 41.2. The number of rotatable bonds is 6. The molecule has 2 fully saturated rings. The van der Waals surface area contributed by atoms with E-state index in [1.165, 1.54) is 0 Å². The number of urea groups is 1. The Kier molecular flexibility index (Phi) is 26.2. The molecular formula is C48H75N3O18. The fraction of sp³-hybridized carbons (Fsp3) is 0.646. The minimum Gasteiger partial charge on any atom is -0.481 e. The van der Waals surface area contributed by atoms with Gasteiger partial charge in [0.2, 0.25) is 0 Å². The summed E-state index contributed by atoms with van der Waals surface area (Å²) in [5.74, 6) is -4.49. The van der Waals surface area contributed by atoms with Crippen LogP contribution in [-0.4, -0.2) is 185 Å². The molecule has 3 aliphatic heterocycles. The largest absolute Gasteiger partial charge is 0.481 e. The smallest absolute Gasteiger partial charge is 0.315 e. The minimum absolute atomic E-state index is 0.115. The molecule has 69 heavy (non-hydrogen) atoms. The standard InChI is InChI=1S/C48H75N3O18/c1-29-15-13-11-9-7-5-3-4-6-8-10-12-14-16-34(68-46-45(63)43(49)39(59)28-66-46)25-40-44(51-47(64)50-20-19-41(60)61)38(58)27-48(65,69-40)26-33(54)23-37(57)35(55)18-17-31(52)22-32(53)24-42(62)67-30(2)21-36(29)56/h3-16,29-40,43-46,52-59,63,65H,17-28,49H2,1-2H3,(H,60,61)(H2,50,51,64)/b4-3-,7-5-,8-6-,11-9-,12-10-,15-13-,16-14-/t29-,30-,31+,32+,33-,34-,35+,36-,37+,38-,39+,40-,43-,44?,45-,46-,48+/m0/s1. The maximum atomic E-state index is 12.9. The number of carbonyl (C=O) groups is 3. The van der Waals surface area contributed by atoms with Crippen molar-refractivity contribution in [3.05, 3.63) is 85.1 Å². The molecule has 17 atom stereocenters. The summed E-state index contributed by atoms with van der Waals surface area (Å²) in [6.45, 7) is 2.90. The van der Waals surface area contributed by atoms with Crippen molar-refractivity contribution in [3.8, 4) is 0 Å². The average molecular weight is 982 g/mol. The Labute approximate surface area is 402 Å². The van der Waals surface area contributed by atoms with Crippen LogP contribution in [-0.2, 0) is 28.5 Å². The molecule has 21 nitrogen and oxygen atoms in total. The number of carboxylic acids is 1. The van der Waals surface area contributed by atoms with E-state index in [1.54, 1.807) is 92.0 Å². The molecule has 3 rings (SSSR count). The Morgan fingerprint density at radius 2 is 1.33 bits per heavy atom. The Bertz CT molecular complexity index is 1780. The Morgan fingerprint density at radius 3 is 1.96 bits per heavy atom. The summed E-state index contributed by atoms with van der Waals surface area (Å²) in [6, 6.07) is -3.30. The molecule has 0 aromatic rings. The second-order valence-corrected chi connectivity index (χ2v) is 17.9. The van der Waals surface area contributed by atoms with Crippen LogP contribution >= 0.6 is 0 Å². The maximum absolute atomic E-state index is 12.9. The van der Waals surface area contributed by atoms with Crippen molar-refractivity contribution in [3.63, 3.8) is 0 Å². The summed E-state index contributed by atoms with van der Waals surface area (Å²) in [5.41, 5.74) is 5.98. The highest BCUT2D eigenvalue weighted by atomic mass is 16.7. The molecule has 21 heteroatoms. The number of nitrogens with one attached hydrogen (secondary N) is 2. The first-order valence-electron chi connectivity index (χ1n) is 23.4. The Morgan fingerprint density at radius 1 is 0.725 bits per heavy atom. The number of hydrogen-bond acceptors (Lipinski definition) is 18. The molecule has 2 saturated heterocycles. The van der Waals surface area contributed by atoms with E-state index in [2.05, 4.69) is 10.6 Å². The van der Waals surface area contributed by atoms with E-state index in [4.69, 9.17) is 29.8 Å². The number of aliphatic carboxylic acids is 1. The summed E-state index contributed by atoms with van der Waals surface area (Å²) in [6.07, 6.45) is 4.45. The van der Waals surface area contributed by atoms with Crippen LogP contribution in [0.1, 0.15) is 78.1 Å². The molecule has 3 heterocycles. The molecule has 0 radical (unpaired) electrons. The second-order valence-electron chi connectivity index (χ2n) is 17.9. The number of hydrogen-bond donors (Lipinski definition) is 14. The Hall–Kier alpha value is -4.17. The van der Waals surface area contributed by atoms with Gasteiger partial charge in [0.05, 0.1) is 92.6 Å². The van der Waals surface area contributed by atoms with Gasteiger partial charge in [-0.15, -0.1) is 0 Å². The van der Waals surface area contributed by atoms with E-state index in [1.807, 2.05) is 6.92 Å². The van der Waals surface area contributed by atoms with Crippen molar-refractivity contribution < 1.29 is 89.5 Å². The van der Waals surface area contributed by atoms with Gasteiger partial charge in [0.25, 0.3) is 0 Å². The third-order valence-electron chi connectivity index (χ3n) is 11.7. The van der Waals surface area contributed by atoms with E-state index in [-0.39, 0.29) is 51.2 Å². The first-order valence-corrected chi connectivity index (χ1v) is 23.4. The molecule has 0 spiro atoms. The van der Waals surface area contributed by atoms with Gasteiger partial charge in [0, 0.05) is 44.6 Å². The second kappa shape index (κ2) is 30.5. The zero-order chi connectivity index (χ0) is 51.1. The molecule has 1 unspecified atom stereocenters. The first-order chi connectivity index (χ1) is 32.7. The lowest BCUT2D eigenvalue weighted by Crippen LogP contribution is -2.63. The highest BCUT2D eigenvalue weighted by Gasteiger charge is 2.48. The van der Waals surface area contributed by atoms with E-state index < -0.39 is 147 Å². The van der Waals surface area contributed by atoms with Crippen LogP contribution in [0.3, 0.4) is 0 Å². The van der Waals surface area contributed by atoms with E-state index in [0.717, 1.165) is 0 Å². The summed E-state index contributed by atoms with van der Waals surface area (Å²) >= 11 is 0. The van der Waals surface area contributed by atoms with Crippen LogP contribution in [0, 0.1) is 5.92 Å². The minimum atomic E-state index is -2.31. The van der Waals surface area contributed by atoms with Crippen LogP contribution in [0.5, 0.6) is 0 Å². The number of carboxylic acid groups (broad SMARTS) is 1. The Balaban J connectivity index is 1.90. The van der Waals surface area contributed by atoms with E-state index in [9.17, 15) is 65.4 Å². The first kappa shape index (κ1) is 59.1. The number of allylic oxidation sites excluding steroid dienone is 12. The van der Waals surface area contributed by atoms with Crippen LogP contribution in [0.15, 0.2) is 85.1 Å². The highest BCUT2D eigenvalue weighted by Crippen LogP contribution is 2.35. The van der Waals surface area contributed by atoms with Gasteiger partial charge in [0.15, 0.2) is 12.1 Å². The molecule has 2 bridgehead atoms. The number of aliphatic hydroxyl groups excluding tert-OH is 9. The third-order valence-corrected chi connectivity index (χ3v) is 11.7. The van der Waals surface area contributed by atoms with Crippen molar-refractivity contribution in [2.24, 2.45) is 11.7 Å². The lowest BCUT2D eigenvalue weighted by atomic mass is 9.87. The van der Waals surface area contributed by atoms with Crippen LogP contribution in [0.25, 0.3) is 0 Å². The van der Waals surface area contributed by atoms with Gasteiger partial charge in [-0.25, -0.2) is 4.79 Å². The van der Waals surface area contributed by atoms with Crippen molar-refractivity contribution in [1.82, 2.24) is 10.6 Å². The number of amides is 2. The number of nitrogens with two attached hydrogens (primary N) is 1. The summed E-state index contributed by atoms with van der Waals surface area (Å²) in [4.78, 5) is 36.5. The molecule has 390 valence electrons. The highest BCUT2D eigenvalue weighted by molar-refractivity contribution is 5.75. The maximum Gasteiger partial charge on any atom is 0.315 e. The molecule has 0 aromatic heterocycles. The van der Waals surface area contributed by atoms with Gasteiger partial charge in [-0.2, -0.15) is 0 Å². The molecule has 3 aliphatic rings.